The highest BCUT2D eigenvalue weighted by atomic mass is 14.9. The minimum Gasteiger partial charge on any atom is -0.316 e. The molecule has 0 amide bonds. The lowest BCUT2D eigenvalue weighted by molar-refractivity contribution is 0.280. The molecule has 112 valence electrons. The Morgan fingerprint density at radius 1 is 0.857 bits per heavy atom. The summed E-state index contributed by atoms with van der Waals surface area (Å²) >= 11 is 0. The molecule has 0 spiro atoms. The van der Waals surface area contributed by atoms with Gasteiger partial charge < -0.3 is 5.32 Å². The molecule has 2 aromatic rings. The molecule has 0 aliphatic rings. The highest BCUT2D eigenvalue weighted by Gasteiger charge is 2.36. The number of benzene rings is 2. The van der Waals surface area contributed by atoms with Crippen molar-refractivity contribution < 1.29 is 0 Å². The number of rotatable bonds is 7. The summed E-state index contributed by atoms with van der Waals surface area (Å²) in [5.41, 5.74) is 3.04. The van der Waals surface area contributed by atoms with Gasteiger partial charge in [-0.05, 0) is 37.4 Å². The molecule has 1 N–H and O–H groups in total. The Balaban J connectivity index is 2.35. The van der Waals surface area contributed by atoms with Crippen LogP contribution in [0.2, 0.25) is 0 Å². The Morgan fingerprint density at radius 3 is 1.86 bits per heavy atom. The fraction of sp³-hybridized carbons (Fsp3) is 0.400. The fourth-order valence-electron chi connectivity index (χ4n) is 3.55. The molecule has 0 saturated carbocycles. The second-order valence-electron chi connectivity index (χ2n) is 5.76. The molecule has 0 aromatic heterocycles. The van der Waals surface area contributed by atoms with Crippen molar-refractivity contribution in [1.29, 1.82) is 0 Å². The van der Waals surface area contributed by atoms with Crippen LogP contribution in [0.15, 0.2) is 60.7 Å². The van der Waals surface area contributed by atoms with Crippen molar-refractivity contribution in [3.63, 3.8) is 0 Å². The molecule has 0 fully saturated rings. The third-order valence-corrected chi connectivity index (χ3v) is 4.91. The van der Waals surface area contributed by atoms with Crippen LogP contribution in [0.5, 0.6) is 0 Å². The normalized spacial score (nSPS) is 13.1. The van der Waals surface area contributed by atoms with Gasteiger partial charge in [-0.15, -0.1) is 0 Å². The van der Waals surface area contributed by atoms with Crippen LogP contribution in [0.4, 0.5) is 0 Å². The molecule has 2 aromatic carbocycles. The Labute approximate surface area is 129 Å². The minimum absolute atomic E-state index is 0.186. The average Bonchev–Trinajstić information content (AvgIpc) is 2.57. The van der Waals surface area contributed by atoms with Gasteiger partial charge in [-0.3, -0.25) is 0 Å². The van der Waals surface area contributed by atoms with Gasteiger partial charge in [0.05, 0.1) is 0 Å². The summed E-state index contributed by atoms with van der Waals surface area (Å²) in [6, 6.07) is 22.2. The smallest absolute Gasteiger partial charge is 0.0201 e. The predicted molar refractivity (Wildman–Crippen MR) is 91.7 cm³/mol. The van der Waals surface area contributed by atoms with Crippen LogP contribution in [0.3, 0.4) is 0 Å². The summed E-state index contributed by atoms with van der Waals surface area (Å²) in [5, 5.41) is 3.59. The summed E-state index contributed by atoms with van der Waals surface area (Å²) < 4.78 is 0. The van der Waals surface area contributed by atoms with E-state index < -0.39 is 0 Å². The highest BCUT2D eigenvalue weighted by molar-refractivity contribution is 5.29. The van der Waals surface area contributed by atoms with E-state index in [-0.39, 0.29) is 5.41 Å². The molecular formula is C20H27N. The van der Waals surface area contributed by atoms with E-state index in [4.69, 9.17) is 0 Å². The van der Waals surface area contributed by atoms with Crippen molar-refractivity contribution >= 4 is 0 Å². The minimum atomic E-state index is 0.186. The van der Waals surface area contributed by atoms with Crippen molar-refractivity contribution in [3.8, 4) is 0 Å². The van der Waals surface area contributed by atoms with Crippen molar-refractivity contribution in [1.82, 2.24) is 5.32 Å². The third kappa shape index (κ3) is 3.36. The number of likely N-dealkylation sites (N-methyl/N-ethyl adjacent to an activating group) is 1. The van der Waals surface area contributed by atoms with Crippen molar-refractivity contribution in [2.75, 3.05) is 7.05 Å². The molecule has 0 bridgehead atoms. The largest absolute Gasteiger partial charge is 0.316 e. The summed E-state index contributed by atoms with van der Waals surface area (Å²) in [5.74, 6) is 0. The lowest BCUT2D eigenvalue weighted by atomic mass is 9.68. The third-order valence-electron chi connectivity index (χ3n) is 4.91. The van der Waals surface area contributed by atoms with Gasteiger partial charge in [0, 0.05) is 11.5 Å². The van der Waals surface area contributed by atoms with Crippen molar-refractivity contribution in [2.45, 2.75) is 44.6 Å². The van der Waals surface area contributed by atoms with E-state index in [9.17, 15) is 0 Å². The van der Waals surface area contributed by atoms with E-state index in [0.29, 0.717) is 6.04 Å². The number of nitrogens with one attached hydrogen (secondary N) is 1. The van der Waals surface area contributed by atoms with Crippen LogP contribution in [0.25, 0.3) is 0 Å². The van der Waals surface area contributed by atoms with Gasteiger partial charge in [0.25, 0.3) is 0 Å². The summed E-state index contributed by atoms with van der Waals surface area (Å²) in [4.78, 5) is 0. The molecule has 0 radical (unpaired) electrons. The maximum absolute atomic E-state index is 3.59. The van der Waals surface area contributed by atoms with E-state index in [0.717, 1.165) is 19.3 Å². The fourth-order valence-corrected chi connectivity index (χ4v) is 3.55. The van der Waals surface area contributed by atoms with E-state index in [2.05, 4.69) is 86.9 Å². The van der Waals surface area contributed by atoms with Crippen LogP contribution >= 0.6 is 0 Å². The van der Waals surface area contributed by atoms with Crippen LogP contribution in [0, 0.1) is 0 Å². The SMILES string of the molecule is CCC(CC)(c1ccccc1)C(Cc1ccccc1)NC. The van der Waals surface area contributed by atoms with Crippen LogP contribution < -0.4 is 5.32 Å². The number of hydrogen-bond acceptors (Lipinski definition) is 1. The van der Waals surface area contributed by atoms with E-state index in [1.807, 2.05) is 0 Å². The van der Waals surface area contributed by atoms with Crippen LogP contribution in [-0.2, 0) is 11.8 Å². The highest BCUT2D eigenvalue weighted by Crippen LogP contribution is 2.36. The van der Waals surface area contributed by atoms with Crippen molar-refractivity contribution in [3.05, 3.63) is 71.8 Å². The maximum Gasteiger partial charge on any atom is 0.0201 e. The lowest BCUT2D eigenvalue weighted by Gasteiger charge is -2.40. The standard InChI is InChI=1S/C20H27N/c1-4-20(5-2,18-14-10-7-11-15-18)19(21-3)16-17-12-8-6-9-13-17/h6-15,19,21H,4-5,16H2,1-3H3. The summed E-state index contributed by atoms with van der Waals surface area (Å²) in [7, 11) is 2.09. The molecule has 2 rings (SSSR count). The zero-order valence-electron chi connectivity index (χ0n) is 13.5. The van der Waals surface area contributed by atoms with E-state index in [1.165, 1.54) is 11.1 Å². The average molecular weight is 281 g/mol. The van der Waals surface area contributed by atoms with Gasteiger partial charge in [0.15, 0.2) is 0 Å². The summed E-state index contributed by atoms with van der Waals surface area (Å²) in [6.07, 6.45) is 3.35. The first kappa shape index (κ1) is 15.8. The van der Waals surface area contributed by atoms with Gasteiger partial charge in [-0.1, -0.05) is 74.5 Å². The maximum atomic E-state index is 3.59. The Hall–Kier alpha value is -1.60. The molecule has 1 unspecified atom stereocenters. The zero-order chi connectivity index (χ0) is 15.1. The Bertz CT molecular complexity index is 514. The van der Waals surface area contributed by atoms with Gasteiger partial charge in [0.2, 0.25) is 0 Å². The van der Waals surface area contributed by atoms with E-state index >= 15 is 0 Å². The first-order valence-corrected chi connectivity index (χ1v) is 8.03. The van der Waals surface area contributed by atoms with E-state index in [1.54, 1.807) is 0 Å². The van der Waals surface area contributed by atoms with Crippen LogP contribution in [0.1, 0.15) is 37.8 Å². The molecule has 21 heavy (non-hydrogen) atoms. The molecule has 0 aliphatic heterocycles. The Morgan fingerprint density at radius 2 is 1.38 bits per heavy atom. The van der Waals surface area contributed by atoms with Crippen LogP contribution in [-0.4, -0.2) is 13.1 Å². The summed E-state index contributed by atoms with van der Waals surface area (Å²) in [6.45, 7) is 4.62. The first-order valence-electron chi connectivity index (χ1n) is 8.03. The van der Waals surface area contributed by atoms with Crippen molar-refractivity contribution in [2.24, 2.45) is 0 Å². The van der Waals surface area contributed by atoms with Gasteiger partial charge in [-0.25, -0.2) is 0 Å². The van der Waals surface area contributed by atoms with Gasteiger partial charge in [0.1, 0.15) is 0 Å². The monoisotopic (exact) mass is 281 g/mol. The Kier molecular flexibility index (Phi) is 5.58. The topological polar surface area (TPSA) is 12.0 Å². The molecule has 1 atom stereocenters. The molecule has 0 heterocycles. The second kappa shape index (κ2) is 7.42. The lowest BCUT2D eigenvalue weighted by Crippen LogP contribution is -2.48. The molecule has 0 aliphatic carbocycles. The molecule has 1 heteroatoms. The first-order chi connectivity index (χ1) is 10.3. The second-order valence-corrected chi connectivity index (χ2v) is 5.76. The molecule has 0 saturated heterocycles. The molecular weight excluding hydrogens is 254 g/mol. The predicted octanol–water partition coefficient (Wildman–Crippen LogP) is 4.58. The molecule has 1 nitrogen and oxygen atoms in total. The zero-order valence-corrected chi connectivity index (χ0v) is 13.5. The quantitative estimate of drug-likeness (QED) is 0.783. The van der Waals surface area contributed by atoms with Gasteiger partial charge in [-0.2, -0.15) is 0 Å². The number of hydrogen-bond donors (Lipinski definition) is 1. The van der Waals surface area contributed by atoms with Gasteiger partial charge >= 0.3 is 0 Å².